The molecule has 0 bridgehead atoms. The van der Waals surface area contributed by atoms with Crippen molar-refractivity contribution < 1.29 is 17.6 Å². The molecule has 0 spiro atoms. The smallest absolute Gasteiger partial charge is 0.257 e. The minimum absolute atomic E-state index is 0.0142. The Kier molecular flexibility index (Phi) is 5.08. The fourth-order valence-corrected chi connectivity index (χ4v) is 5.87. The summed E-state index contributed by atoms with van der Waals surface area (Å²) in [5.41, 5.74) is 2.18. The SMILES string of the molecule is Cc1cc(NC(=O)c2cc(-c3ccco3)nc3c2cnn3C(C)C)n(C2CCS(=O)(=O)C2)n1. The van der Waals surface area contributed by atoms with E-state index in [4.69, 9.17) is 9.40 Å². The Hall–Kier alpha value is -3.47. The van der Waals surface area contributed by atoms with Crippen LogP contribution in [0.2, 0.25) is 0 Å². The Labute approximate surface area is 190 Å². The molecule has 1 amide bonds. The Bertz CT molecular complexity index is 1450. The summed E-state index contributed by atoms with van der Waals surface area (Å²) in [6.07, 6.45) is 3.66. The highest BCUT2D eigenvalue weighted by atomic mass is 32.2. The van der Waals surface area contributed by atoms with Gasteiger partial charge in [0.05, 0.1) is 46.7 Å². The van der Waals surface area contributed by atoms with Crippen LogP contribution in [-0.2, 0) is 9.84 Å². The number of sulfone groups is 1. The number of aromatic nitrogens is 5. The fraction of sp³-hybridized carbons (Fsp3) is 0.364. The second-order valence-electron chi connectivity index (χ2n) is 8.58. The number of anilines is 1. The van der Waals surface area contributed by atoms with E-state index in [0.717, 1.165) is 0 Å². The Morgan fingerprint density at radius 1 is 1.30 bits per heavy atom. The average molecular weight is 469 g/mol. The number of carbonyl (C=O) groups is 1. The molecule has 0 aliphatic carbocycles. The number of carbonyl (C=O) groups excluding carboxylic acids is 1. The molecule has 1 aliphatic rings. The van der Waals surface area contributed by atoms with Crippen LogP contribution in [0.3, 0.4) is 0 Å². The highest BCUT2D eigenvalue weighted by Crippen LogP contribution is 2.30. The molecule has 1 aliphatic heterocycles. The summed E-state index contributed by atoms with van der Waals surface area (Å²) in [4.78, 5) is 18.2. The fourth-order valence-electron chi connectivity index (χ4n) is 4.17. The summed E-state index contributed by atoms with van der Waals surface area (Å²) in [6.45, 7) is 5.79. The molecule has 0 radical (unpaired) electrons. The molecule has 0 saturated carbocycles. The van der Waals surface area contributed by atoms with Crippen LogP contribution in [0, 0.1) is 6.92 Å². The van der Waals surface area contributed by atoms with E-state index in [2.05, 4.69) is 15.5 Å². The molecule has 4 aromatic rings. The quantitative estimate of drug-likeness (QED) is 0.476. The maximum Gasteiger partial charge on any atom is 0.257 e. The molecule has 4 aromatic heterocycles. The van der Waals surface area contributed by atoms with Crippen molar-refractivity contribution in [1.82, 2.24) is 24.5 Å². The molecule has 172 valence electrons. The van der Waals surface area contributed by atoms with Crippen LogP contribution in [0.15, 0.2) is 41.1 Å². The third kappa shape index (κ3) is 3.92. The highest BCUT2D eigenvalue weighted by molar-refractivity contribution is 7.91. The van der Waals surface area contributed by atoms with Gasteiger partial charge in [-0.1, -0.05) is 0 Å². The molecule has 0 aromatic carbocycles. The topological polar surface area (TPSA) is 125 Å². The van der Waals surface area contributed by atoms with Crippen molar-refractivity contribution in [3.63, 3.8) is 0 Å². The van der Waals surface area contributed by atoms with Gasteiger partial charge in [-0.2, -0.15) is 10.2 Å². The van der Waals surface area contributed by atoms with Gasteiger partial charge in [0, 0.05) is 12.1 Å². The van der Waals surface area contributed by atoms with Crippen LogP contribution in [0.4, 0.5) is 5.82 Å². The van der Waals surface area contributed by atoms with Gasteiger partial charge >= 0.3 is 0 Å². The predicted molar refractivity (Wildman–Crippen MR) is 123 cm³/mol. The van der Waals surface area contributed by atoms with E-state index in [0.29, 0.717) is 46.0 Å². The number of amides is 1. The minimum Gasteiger partial charge on any atom is -0.463 e. The molecule has 1 unspecified atom stereocenters. The monoisotopic (exact) mass is 468 g/mol. The van der Waals surface area contributed by atoms with Gasteiger partial charge < -0.3 is 9.73 Å². The molecule has 1 atom stereocenters. The van der Waals surface area contributed by atoms with Crippen molar-refractivity contribution in [2.45, 2.75) is 39.3 Å². The Morgan fingerprint density at radius 3 is 2.79 bits per heavy atom. The van der Waals surface area contributed by atoms with Crippen LogP contribution < -0.4 is 5.32 Å². The number of hydrogen-bond donors (Lipinski definition) is 1. The molecule has 10 nitrogen and oxygen atoms in total. The lowest BCUT2D eigenvalue weighted by molar-refractivity contribution is 0.102. The number of pyridine rings is 1. The lowest BCUT2D eigenvalue weighted by Gasteiger charge is -2.14. The van der Waals surface area contributed by atoms with Crippen molar-refractivity contribution >= 4 is 32.6 Å². The number of furan rings is 1. The van der Waals surface area contributed by atoms with Crippen molar-refractivity contribution in [3.8, 4) is 11.5 Å². The zero-order chi connectivity index (χ0) is 23.3. The van der Waals surface area contributed by atoms with Gasteiger partial charge in [0.1, 0.15) is 11.5 Å². The van der Waals surface area contributed by atoms with Crippen molar-refractivity contribution in [1.29, 1.82) is 0 Å². The number of aryl methyl sites for hydroxylation is 1. The summed E-state index contributed by atoms with van der Waals surface area (Å²) in [5, 5.41) is 12.4. The van der Waals surface area contributed by atoms with Crippen LogP contribution in [0.5, 0.6) is 0 Å². The molecule has 1 N–H and O–H groups in total. The van der Waals surface area contributed by atoms with E-state index in [-0.39, 0.29) is 29.5 Å². The van der Waals surface area contributed by atoms with Gasteiger partial charge in [-0.05, 0) is 45.4 Å². The summed E-state index contributed by atoms with van der Waals surface area (Å²) in [7, 11) is -3.10. The molecule has 11 heteroatoms. The van der Waals surface area contributed by atoms with Gasteiger partial charge in [0.25, 0.3) is 5.91 Å². The van der Waals surface area contributed by atoms with Crippen LogP contribution >= 0.6 is 0 Å². The standard InChI is InChI=1S/C22H24N6O4S/c1-13(2)27-21-17(11-23-27)16(10-18(24-21)19-5-4-7-32-19)22(29)25-20-9-14(3)26-28(20)15-6-8-33(30,31)12-15/h4-5,7,9-11,13,15H,6,8,12H2,1-3H3,(H,25,29). The average Bonchev–Trinajstić information content (AvgIpc) is 3.53. The third-order valence-electron chi connectivity index (χ3n) is 5.73. The predicted octanol–water partition coefficient (Wildman–Crippen LogP) is 3.39. The van der Waals surface area contributed by atoms with Crippen LogP contribution in [-0.4, -0.2) is 50.4 Å². The maximum atomic E-state index is 13.5. The number of fused-ring (bicyclic) bond motifs is 1. The largest absolute Gasteiger partial charge is 0.463 e. The molecule has 5 heterocycles. The number of rotatable bonds is 5. The normalized spacial score (nSPS) is 17.8. The van der Waals surface area contributed by atoms with E-state index in [9.17, 15) is 13.2 Å². The summed E-state index contributed by atoms with van der Waals surface area (Å²) < 4.78 is 32.8. The first-order chi connectivity index (χ1) is 15.7. The molecule has 33 heavy (non-hydrogen) atoms. The first-order valence-electron chi connectivity index (χ1n) is 10.7. The minimum atomic E-state index is -3.10. The van der Waals surface area contributed by atoms with Gasteiger partial charge in [-0.25, -0.2) is 22.8 Å². The summed E-state index contributed by atoms with van der Waals surface area (Å²) >= 11 is 0. The van der Waals surface area contributed by atoms with E-state index >= 15 is 0 Å². The first-order valence-corrected chi connectivity index (χ1v) is 12.5. The molecule has 1 fully saturated rings. The Balaban J connectivity index is 1.56. The summed E-state index contributed by atoms with van der Waals surface area (Å²) in [6, 6.07) is 6.70. The van der Waals surface area contributed by atoms with Crippen molar-refractivity contribution in [2.75, 3.05) is 16.8 Å². The lowest BCUT2D eigenvalue weighted by Crippen LogP contribution is -2.20. The van der Waals surface area contributed by atoms with E-state index in [1.807, 2.05) is 20.8 Å². The van der Waals surface area contributed by atoms with E-state index in [1.54, 1.807) is 46.1 Å². The van der Waals surface area contributed by atoms with Gasteiger partial charge in [-0.3, -0.25) is 4.79 Å². The zero-order valence-corrected chi connectivity index (χ0v) is 19.3. The number of nitrogens with one attached hydrogen (secondary N) is 1. The van der Waals surface area contributed by atoms with Gasteiger partial charge in [0.2, 0.25) is 0 Å². The Morgan fingerprint density at radius 2 is 2.12 bits per heavy atom. The van der Waals surface area contributed by atoms with E-state index < -0.39 is 9.84 Å². The number of nitrogens with zero attached hydrogens (tertiary/aromatic N) is 5. The second-order valence-corrected chi connectivity index (χ2v) is 10.8. The summed E-state index contributed by atoms with van der Waals surface area (Å²) in [5.74, 6) is 0.774. The van der Waals surface area contributed by atoms with Crippen molar-refractivity contribution in [3.05, 3.63) is 48.0 Å². The zero-order valence-electron chi connectivity index (χ0n) is 18.5. The van der Waals surface area contributed by atoms with Crippen LogP contribution in [0.25, 0.3) is 22.5 Å². The third-order valence-corrected chi connectivity index (χ3v) is 7.48. The molecule has 1 saturated heterocycles. The van der Waals surface area contributed by atoms with Gasteiger partial charge in [0.15, 0.2) is 21.2 Å². The van der Waals surface area contributed by atoms with Crippen molar-refractivity contribution in [2.24, 2.45) is 0 Å². The molecular formula is C22H24N6O4S. The molecule has 5 rings (SSSR count). The van der Waals surface area contributed by atoms with E-state index in [1.165, 1.54) is 0 Å². The van der Waals surface area contributed by atoms with Crippen LogP contribution in [0.1, 0.15) is 48.4 Å². The molecular weight excluding hydrogens is 444 g/mol. The highest BCUT2D eigenvalue weighted by Gasteiger charge is 2.31. The lowest BCUT2D eigenvalue weighted by atomic mass is 10.1. The first kappa shape index (κ1) is 21.4. The maximum absolute atomic E-state index is 13.5. The van der Waals surface area contributed by atoms with Gasteiger partial charge in [-0.15, -0.1) is 0 Å². The second kappa shape index (κ2) is 7.84. The number of hydrogen-bond acceptors (Lipinski definition) is 7.